The van der Waals surface area contributed by atoms with E-state index in [0.29, 0.717) is 25.6 Å². The molecule has 0 bridgehead atoms. The van der Waals surface area contributed by atoms with Gasteiger partial charge in [0.05, 0.1) is 6.04 Å². The van der Waals surface area contributed by atoms with Gasteiger partial charge in [0.25, 0.3) is 0 Å². The van der Waals surface area contributed by atoms with Crippen LogP contribution in [0.2, 0.25) is 0 Å². The highest BCUT2D eigenvalue weighted by Crippen LogP contribution is 2.46. The number of benzene rings is 2. The molecule has 0 spiro atoms. The quantitative estimate of drug-likeness (QED) is 0.286. The molecule has 0 saturated carbocycles. The molecular formula is C20H18INO5. The van der Waals surface area contributed by atoms with Crippen molar-refractivity contribution < 1.29 is 23.7 Å². The van der Waals surface area contributed by atoms with Crippen LogP contribution in [-0.2, 0) is 14.3 Å². The molecule has 0 radical (unpaired) electrons. The molecule has 3 aliphatic heterocycles. The Morgan fingerprint density at radius 1 is 0.926 bits per heavy atom. The predicted molar refractivity (Wildman–Crippen MR) is 105 cm³/mol. The number of nitrogens with zero attached hydrogens (tertiary/aromatic N) is 1. The summed E-state index contributed by atoms with van der Waals surface area (Å²) in [6, 6.07) is 15.3. The summed E-state index contributed by atoms with van der Waals surface area (Å²) in [5, 5.41) is 0. The maximum absolute atomic E-state index is 12.7. The number of hydrogen-bond acceptors (Lipinski definition) is 6. The number of fused-ring (bicyclic) bond motifs is 2. The van der Waals surface area contributed by atoms with Gasteiger partial charge >= 0.3 is 5.97 Å². The Balaban J connectivity index is 1.50. The minimum atomic E-state index is -0.492. The highest BCUT2D eigenvalue weighted by atomic mass is 127. The Bertz CT molecular complexity index is 861. The first-order valence-electron chi connectivity index (χ1n) is 8.90. The predicted octanol–water partition coefficient (Wildman–Crippen LogP) is 3.22. The zero-order chi connectivity index (χ0) is 18.4. The van der Waals surface area contributed by atoms with Gasteiger partial charge in [0, 0.05) is 0 Å². The largest absolute Gasteiger partial charge is 0.486 e. The number of carbonyl (C=O) groups excluding carboxylic acids is 1. The molecule has 7 heteroatoms. The van der Waals surface area contributed by atoms with Gasteiger partial charge in [-0.05, 0) is 45.9 Å². The first kappa shape index (κ1) is 17.3. The van der Waals surface area contributed by atoms with Crippen molar-refractivity contribution in [2.24, 2.45) is 0 Å². The third-order valence-electron chi connectivity index (χ3n) is 5.17. The van der Waals surface area contributed by atoms with Gasteiger partial charge in [-0.3, -0.25) is 4.79 Å². The van der Waals surface area contributed by atoms with E-state index in [1.54, 1.807) is 0 Å². The van der Waals surface area contributed by atoms with Crippen molar-refractivity contribution in [3.8, 4) is 11.5 Å². The van der Waals surface area contributed by atoms with Crippen LogP contribution in [-0.4, -0.2) is 41.0 Å². The van der Waals surface area contributed by atoms with Crippen molar-refractivity contribution >= 4 is 28.6 Å². The standard InChI is InChI=1S/C20H18INO5/c21-20-22-14(12-4-2-1-3-5-12)11-26-19(23)17(22)18(27-20)13-6-7-15-16(10-13)25-9-8-24-15/h1-7,10,14,17-18,20H,8-9,11H2/t14-,17?,18-,20+/m1/s1. The van der Waals surface area contributed by atoms with Crippen molar-refractivity contribution in [2.45, 2.75) is 22.4 Å². The minimum Gasteiger partial charge on any atom is -0.486 e. The zero-order valence-corrected chi connectivity index (χ0v) is 16.6. The molecule has 2 fully saturated rings. The van der Waals surface area contributed by atoms with E-state index in [-0.39, 0.29) is 16.2 Å². The lowest BCUT2D eigenvalue weighted by Crippen LogP contribution is -2.50. The van der Waals surface area contributed by atoms with Crippen molar-refractivity contribution in [2.75, 3.05) is 19.8 Å². The third kappa shape index (κ3) is 2.97. The van der Waals surface area contributed by atoms with E-state index >= 15 is 0 Å². The molecule has 2 aromatic rings. The number of carbonyl (C=O) groups is 1. The van der Waals surface area contributed by atoms with E-state index in [9.17, 15) is 4.79 Å². The van der Waals surface area contributed by atoms with Gasteiger partial charge in [-0.25, -0.2) is 4.90 Å². The number of cyclic esters (lactones) is 1. The lowest BCUT2D eigenvalue weighted by molar-refractivity contribution is -0.161. The number of hydrogen-bond donors (Lipinski definition) is 0. The highest BCUT2D eigenvalue weighted by Gasteiger charge is 2.53. The highest BCUT2D eigenvalue weighted by molar-refractivity contribution is 14.1. The van der Waals surface area contributed by atoms with Crippen LogP contribution in [0.4, 0.5) is 0 Å². The topological polar surface area (TPSA) is 57.2 Å². The summed E-state index contributed by atoms with van der Waals surface area (Å²) in [6.07, 6.45) is -0.415. The molecule has 6 nitrogen and oxygen atoms in total. The summed E-state index contributed by atoms with van der Waals surface area (Å²) < 4.78 is 22.8. The SMILES string of the molecule is O=C1OC[C@H](c2ccccc2)N2C1[C@@H](c1ccc3c(c1)OCCO3)O[C@H]2I. The molecule has 2 aromatic carbocycles. The monoisotopic (exact) mass is 479 g/mol. The van der Waals surface area contributed by atoms with E-state index in [1.165, 1.54) is 0 Å². The summed E-state index contributed by atoms with van der Waals surface area (Å²) in [5.41, 5.74) is 2.00. The molecule has 0 N–H and O–H groups in total. The number of morpholine rings is 1. The fourth-order valence-corrected chi connectivity index (χ4v) is 4.95. The lowest BCUT2D eigenvalue weighted by atomic mass is 9.97. The third-order valence-corrected chi connectivity index (χ3v) is 6.10. The molecule has 27 heavy (non-hydrogen) atoms. The molecule has 0 aliphatic carbocycles. The molecular weight excluding hydrogens is 461 g/mol. The molecule has 3 aliphatic rings. The van der Waals surface area contributed by atoms with Crippen LogP contribution in [0.5, 0.6) is 11.5 Å². The van der Waals surface area contributed by atoms with Crippen LogP contribution in [0.3, 0.4) is 0 Å². The number of halogens is 1. The van der Waals surface area contributed by atoms with Gasteiger partial charge in [0.15, 0.2) is 15.7 Å². The van der Waals surface area contributed by atoms with E-state index in [2.05, 4.69) is 39.6 Å². The van der Waals surface area contributed by atoms with Crippen molar-refractivity contribution in [1.29, 1.82) is 0 Å². The zero-order valence-electron chi connectivity index (χ0n) is 14.4. The van der Waals surface area contributed by atoms with Crippen LogP contribution >= 0.6 is 22.6 Å². The second-order valence-electron chi connectivity index (χ2n) is 6.70. The maximum atomic E-state index is 12.7. The van der Waals surface area contributed by atoms with Crippen molar-refractivity contribution in [3.05, 3.63) is 59.7 Å². The Morgan fingerprint density at radius 2 is 1.70 bits per heavy atom. The summed E-state index contributed by atoms with van der Waals surface area (Å²) in [4.78, 5) is 14.8. The molecule has 5 rings (SSSR count). The molecule has 2 saturated heterocycles. The Labute approximate surface area is 170 Å². The van der Waals surface area contributed by atoms with Gasteiger partial charge in [-0.15, -0.1) is 0 Å². The maximum Gasteiger partial charge on any atom is 0.326 e. The normalized spacial score (nSPS) is 29.9. The van der Waals surface area contributed by atoms with E-state index in [1.807, 2.05) is 36.4 Å². The Kier molecular flexibility index (Phi) is 4.45. The number of esters is 1. The van der Waals surface area contributed by atoms with Crippen LogP contribution in [0.1, 0.15) is 23.3 Å². The molecule has 4 atom stereocenters. The van der Waals surface area contributed by atoms with Crippen LogP contribution in [0.15, 0.2) is 48.5 Å². The summed E-state index contributed by atoms with van der Waals surface area (Å²) >= 11 is 2.24. The van der Waals surface area contributed by atoms with Gasteiger partial charge in [0.1, 0.15) is 32.0 Å². The average Bonchev–Trinajstić information content (AvgIpc) is 3.07. The first-order chi connectivity index (χ1) is 13.2. The number of rotatable bonds is 2. The molecule has 1 unspecified atom stereocenters. The second-order valence-corrected chi connectivity index (χ2v) is 7.77. The Hall–Kier alpha value is -1.84. The van der Waals surface area contributed by atoms with Crippen LogP contribution in [0.25, 0.3) is 0 Å². The van der Waals surface area contributed by atoms with Gasteiger partial charge in [0.2, 0.25) is 0 Å². The summed E-state index contributed by atoms with van der Waals surface area (Å²) in [6.45, 7) is 1.39. The molecule has 140 valence electrons. The average molecular weight is 479 g/mol. The fraction of sp³-hybridized carbons (Fsp3) is 0.350. The fourth-order valence-electron chi connectivity index (χ4n) is 3.90. The lowest BCUT2D eigenvalue weighted by Gasteiger charge is -2.37. The minimum absolute atomic E-state index is 0.0296. The summed E-state index contributed by atoms with van der Waals surface area (Å²) in [5.74, 6) is 1.16. The van der Waals surface area contributed by atoms with Crippen molar-refractivity contribution in [3.63, 3.8) is 0 Å². The van der Waals surface area contributed by atoms with Crippen molar-refractivity contribution in [1.82, 2.24) is 4.90 Å². The van der Waals surface area contributed by atoms with E-state index in [0.717, 1.165) is 16.9 Å². The second kappa shape index (κ2) is 6.96. The van der Waals surface area contributed by atoms with Gasteiger partial charge in [-0.2, -0.15) is 0 Å². The summed E-state index contributed by atoms with van der Waals surface area (Å²) in [7, 11) is 0. The van der Waals surface area contributed by atoms with E-state index < -0.39 is 12.1 Å². The molecule has 0 aromatic heterocycles. The van der Waals surface area contributed by atoms with E-state index in [4.69, 9.17) is 18.9 Å². The van der Waals surface area contributed by atoms with Crippen LogP contribution in [0, 0.1) is 0 Å². The number of ether oxygens (including phenoxy) is 4. The van der Waals surface area contributed by atoms with Gasteiger partial charge < -0.3 is 18.9 Å². The molecule has 0 amide bonds. The first-order valence-corrected chi connectivity index (χ1v) is 10.1. The Morgan fingerprint density at radius 3 is 2.52 bits per heavy atom. The number of alkyl halides is 1. The molecule has 3 heterocycles. The van der Waals surface area contributed by atoms with Crippen LogP contribution < -0.4 is 9.47 Å². The smallest absolute Gasteiger partial charge is 0.326 e. The van der Waals surface area contributed by atoms with Gasteiger partial charge in [-0.1, -0.05) is 36.4 Å².